The summed E-state index contributed by atoms with van der Waals surface area (Å²) in [7, 11) is 0. The molecule has 2 aromatic rings. The van der Waals surface area contributed by atoms with Crippen molar-refractivity contribution < 1.29 is 15.0 Å². The fourth-order valence-corrected chi connectivity index (χ4v) is 3.22. The number of aromatic nitrogens is 3. The Bertz CT molecular complexity index is 645. The summed E-state index contributed by atoms with van der Waals surface area (Å²) in [4.78, 5) is 15.7. The Kier molecular flexibility index (Phi) is 5.38. The highest BCUT2D eigenvalue weighted by atomic mass is 35.5. The highest BCUT2D eigenvalue weighted by Gasteiger charge is 2.48. The number of rotatable bonds is 7. The maximum atomic E-state index is 11.8. The minimum atomic E-state index is -1.63. The number of hydrogen-bond acceptors (Lipinski definition) is 4. The van der Waals surface area contributed by atoms with Crippen molar-refractivity contribution in [2.24, 2.45) is 5.92 Å². The molecule has 0 fully saturated rings. The average molecular weight is 338 g/mol. The van der Waals surface area contributed by atoms with E-state index in [1.807, 2.05) is 6.92 Å². The molecule has 0 amide bonds. The highest BCUT2D eigenvalue weighted by Crippen LogP contribution is 2.43. The van der Waals surface area contributed by atoms with Gasteiger partial charge in [-0.1, -0.05) is 37.6 Å². The predicted octanol–water partition coefficient (Wildman–Crippen LogP) is 2.88. The van der Waals surface area contributed by atoms with E-state index in [1.54, 1.807) is 31.2 Å². The van der Waals surface area contributed by atoms with Crippen LogP contribution in [0.3, 0.4) is 0 Å². The highest BCUT2D eigenvalue weighted by molar-refractivity contribution is 6.30. The van der Waals surface area contributed by atoms with E-state index in [1.165, 1.54) is 17.3 Å². The topological polar surface area (TPSA) is 88.2 Å². The van der Waals surface area contributed by atoms with Gasteiger partial charge >= 0.3 is 5.97 Å². The average Bonchev–Trinajstić information content (AvgIpc) is 3.02. The van der Waals surface area contributed by atoms with Gasteiger partial charge in [-0.3, -0.25) is 4.79 Å². The van der Waals surface area contributed by atoms with E-state index >= 15 is 0 Å². The Balaban J connectivity index is 2.62. The second kappa shape index (κ2) is 7.10. The smallest absolute Gasteiger partial charge is 0.309 e. The van der Waals surface area contributed by atoms with Gasteiger partial charge in [0.25, 0.3) is 0 Å². The molecule has 2 N–H and O–H groups in total. The van der Waals surface area contributed by atoms with Crippen LogP contribution in [0.1, 0.15) is 38.3 Å². The number of halogens is 1. The number of aliphatic carboxylic acids is 1. The van der Waals surface area contributed by atoms with Gasteiger partial charge in [0.15, 0.2) is 0 Å². The van der Waals surface area contributed by atoms with Crippen LogP contribution >= 0.6 is 11.6 Å². The van der Waals surface area contributed by atoms with E-state index in [9.17, 15) is 15.0 Å². The van der Waals surface area contributed by atoms with Crippen molar-refractivity contribution in [2.45, 2.75) is 38.3 Å². The number of carboxylic acid groups (broad SMARTS) is 1. The summed E-state index contributed by atoms with van der Waals surface area (Å²) in [6.07, 6.45) is 3.63. The van der Waals surface area contributed by atoms with E-state index in [0.29, 0.717) is 17.0 Å². The van der Waals surface area contributed by atoms with E-state index in [0.717, 1.165) is 0 Å². The molecule has 2 rings (SSSR count). The number of carboxylic acids is 1. The predicted molar refractivity (Wildman–Crippen MR) is 86.1 cm³/mol. The normalized spacial score (nSPS) is 16.5. The Morgan fingerprint density at radius 1 is 1.30 bits per heavy atom. The molecule has 3 unspecified atom stereocenters. The van der Waals surface area contributed by atoms with Gasteiger partial charge in [0.2, 0.25) is 0 Å². The van der Waals surface area contributed by atoms with E-state index in [-0.39, 0.29) is 6.42 Å². The molecule has 0 spiro atoms. The summed E-state index contributed by atoms with van der Waals surface area (Å²) in [6, 6.07) is 6.04. The zero-order valence-corrected chi connectivity index (χ0v) is 13.8. The van der Waals surface area contributed by atoms with Gasteiger partial charge in [-0.2, -0.15) is 5.10 Å². The van der Waals surface area contributed by atoms with Gasteiger partial charge in [0, 0.05) is 5.02 Å². The molecule has 0 aliphatic heterocycles. The second-order valence-corrected chi connectivity index (χ2v) is 5.87. The molecule has 1 aromatic heterocycles. The summed E-state index contributed by atoms with van der Waals surface area (Å²) >= 11 is 5.93. The molecule has 6 nitrogen and oxygen atoms in total. The van der Waals surface area contributed by atoms with Crippen LogP contribution in [0.25, 0.3) is 0 Å². The first-order chi connectivity index (χ1) is 10.9. The van der Waals surface area contributed by atoms with E-state index in [2.05, 4.69) is 10.1 Å². The van der Waals surface area contributed by atoms with E-state index in [4.69, 9.17) is 11.6 Å². The van der Waals surface area contributed by atoms with E-state index < -0.39 is 23.5 Å². The van der Waals surface area contributed by atoms with Crippen molar-refractivity contribution in [3.05, 3.63) is 47.5 Å². The van der Waals surface area contributed by atoms with Crippen molar-refractivity contribution in [2.75, 3.05) is 0 Å². The molecule has 124 valence electrons. The van der Waals surface area contributed by atoms with Crippen molar-refractivity contribution >= 4 is 17.6 Å². The van der Waals surface area contributed by atoms with Crippen LogP contribution in [-0.2, 0) is 10.4 Å². The van der Waals surface area contributed by atoms with Gasteiger partial charge < -0.3 is 10.2 Å². The third-order valence-corrected chi connectivity index (χ3v) is 4.45. The first-order valence-corrected chi connectivity index (χ1v) is 7.88. The quantitative estimate of drug-likeness (QED) is 0.811. The third kappa shape index (κ3) is 3.23. The van der Waals surface area contributed by atoms with Gasteiger partial charge in [-0.25, -0.2) is 9.67 Å². The van der Waals surface area contributed by atoms with Crippen LogP contribution in [-0.4, -0.2) is 30.9 Å². The van der Waals surface area contributed by atoms with Gasteiger partial charge in [-0.05, 0) is 30.5 Å². The van der Waals surface area contributed by atoms with Crippen molar-refractivity contribution in [3.63, 3.8) is 0 Å². The molecule has 23 heavy (non-hydrogen) atoms. The molecule has 0 bridgehead atoms. The molecular weight excluding hydrogens is 318 g/mol. The van der Waals surface area contributed by atoms with Crippen molar-refractivity contribution in [3.8, 4) is 0 Å². The number of carbonyl (C=O) groups is 1. The molecule has 7 heteroatoms. The summed E-state index contributed by atoms with van der Waals surface area (Å²) in [5, 5.41) is 25.8. The number of hydrogen-bond donors (Lipinski definition) is 2. The van der Waals surface area contributed by atoms with Crippen LogP contribution < -0.4 is 0 Å². The van der Waals surface area contributed by atoms with Gasteiger partial charge in [0.1, 0.15) is 18.3 Å². The SMILES string of the molecule is CCC(C(=O)O)C(O)(c1ccc(Cl)cc1)C(CC)n1cncn1. The maximum absolute atomic E-state index is 11.8. The standard InChI is InChI=1S/C16H20ClN3O3/c1-3-13(15(21)22)16(23,11-5-7-12(17)8-6-11)14(4-2)20-10-18-9-19-20/h5-10,13-14,23H,3-4H2,1-2H3,(H,21,22). The third-order valence-electron chi connectivity index (χ3n) is 4.19. The fraction of sp³-hybridized carbons (Fsp3) is 0.438. The first-order valence-electron chi connectivity index (χ1n) is 7.50. The molecular formula is C16H20ClN3O3. The summed E-state index contributed by atoms with van der Waals surface area (Å²) < 4.78 is 1.51. The van der Waals surface area contributed by atoms with Crippen LogP contribution in [0.5, 0.6) is 0 Å². The minimum Gasteiger partial charge on any atom is -0.481 e. The Morgan fingerprint density at radius 3 is 2.39 bits per heavy atom. The molecule has 1 heterocycles. The molecule has 0 radical (unpaired) electrons. The molecule has 1 aromatic carbocycles. The lowest BCUT2D eigenvalue weighted by Gasteiger charge is -2.40. The van der Waals surface area contributed by atoms with Crippen LogP contribution in [0.4, 0.5) is 0 Å². The Hall–Kier alpha value is -1.92. The molecule has 0 aliphatic rings. The molecule has 0 saturated heterocycles. The molecule has 0 aliphatic carbocycles. The van der Waals surface area contributed by atoms with Crippen LogP contribution in [0, 0.1) is 5.92 Å². The Morgan fingerprint density at radius 2 is 1.96 bits per heavy atom. The van der Waals surface area contributed by atoms with Crippen LogP contribution in [0.15, 0.2) is 36.9 Å². The lowest BCUT2D eigenvalue weighted by molar-refractivity contribution is -0.159. The summed E-state index contributed by atoms with van der Waals surface area (Å²) in [5.74, 6) is -2.04. The lowest BCUT2D eigenvalue weighted by Crippen LogP contribution is -2.46. The van der Waals surface area contributed by atoms with Crippen LogP contribution in [0.2, 0.25) is 5.02 Å². The lowest BCUT2D eigenvalue weighted by atomic mass is 9.73. The maximum Gasteiger partial charge on any atom is 0.309 e. The van der Waals surface area contributed by atoms with Gasteiger partial charge in [0.05, 0.1) is 12.0 Å². The monoisotopic (exact) mass is 337 g/mol. The first kappa shape index (κ1) is 17.4. The largest absolute Gasteiger partial charge is 0.481 e. The number of benzene rings is 1. The number of nitrogens with zero attached hydrogens (tertiary/aromatic N) is 3. The molecule has 3 atom stereocenters. The zero-order valence-electron chi connectivity index (χ0n) is 13.1. The Labute approximate surface area is 139 Å². The number of aliphatic hydroxyl groups is 1. The van der Waals surface area contributed by atoms with Crippen molar-refractivity contribution in [1.82, 2.24) is 14.8 Å². The summed E-state index contributed by atoms with van der Waals surface area (Å²) in [5.41, 5.74) is -1.13. The molecule has 0 saturated carbocycles. The fourth-order valence-electron chi connectivity index (χ4n) is 3.09. The van der Waals surface area contributed by atoms with Gasteiger partial charge in [-0.15, -0.1) is 0 Å². The van der Waals surface area contributed by atoms with Crippen molar-refractivity contribution in [1.29, 1.82) is 0 Å². The second-order valence-electron chi connectivity index (χ2n) is 5.43. The minimum absolute atomic E-state index is 0.277. The zero-order chi connectivity index (χ0) is 17.0. The summed E-state index contributed by atoms with van der Waals surface area (Å²) in [6.45, 7) is 3.62.